The molecule has 0 aromatic heterocycles. The standard InChI is InChI=1S/C18H26FN3O2/c1-20-11-5-8-17(23)21-14-9-10-15(19)16(12-14)22-18(24)13-6-3-2-4-7-13/h9-10,12-13,20H,2-8,11H2,1H3,(H,21,23)(H,22,24). The normalized spacial score (nSPS) is 15.1. The molecule has 1 saturated carbocycles. The maximum absolute atomic E-state index is 13.9. The predicted molar refractivity (Wildman–Crippen MR) is 93.4 cm³/mol. The fraction of sp³-hybridized carbons (Fsp3) is 0.556. The highest BCUT2D eigenvalue weighted by molar-refractivity contribution is 5.95. The third kappa shape index (κ3) is 5.60. The van der Waals surface area contributed by atoms with Crippen LogP contribution in [0, 0.1) is 11.7 Å². The second kappa shape index (κ2) is 9.37. The summed E-state index contributed by atoms with van der Waals surface area (Å²) in [6.45, 7) is 0.763. The summed E-state index contributed by atoms with van der Waals surface area (Å²) in [6, 6.07) is 4.24. The molecule has 3 N–H and O–H groups in total. The van der Waals surface area contributed by atoms with Crippen LogP contribution in [0.1, 0.15) is 44.9 Å². The Morgan fingerprint density at radius 2 is 1.92 bits per heavy atom. The van der Waals surface area contributed by atoms with Crippen molar-refractivity contribution in [1.82, 2.24) is 5.32 Å². The summed E-state index contributed by atoms with van der Waals surface area (Å²) in [5, 5.41) is 8.39. The number of amides is 2. The fourth-order valence-corrected chi connectivity index (χ4v) is 2.95. The van der Waals surface area contributed by atoms with Crippen molar-refractivity contribution >= 4 is 23.2 Å². The van der Waals surface area contributed by atoms with Crippen molar-refractivity contribution in [1.29, 1.82) is 0 Å². The van der Waals surface area contributed by atoms with Crippen molar-refractivity contribution in [3.8, 4) is 0 Å². The highest BCUT2D eigenvalue weighted by Crippen LogP contribution is 2.26. The first kappa shape index (κ1) is 18.4. The molecule has 0 atom stereocenters. The number of rotatable bonds is 7. The van der Waals surface area contributed by atoms with Gasteiger partial charge in [-0.25, -0.2) is 4.39 Å². The summed E-state index contributed by atoms with van der Waals surface area (Å²) in [5.74, 6) is -0.794. The molecule has 1 fully saturated rings. The van der Waals surface area contributed by atoms with Crippen molar-refractivity contribution in [3.05, 3.63) is 24.0 Å². The van der Waals surface area contributed by atoms with E-state index < -0.39 is 5.82 Å². The Kier molecular flexibility index (Phi) is 7.18. The number of halogens is 1. The molecule has 0 bridgehead atoms. The molecule has 0 radical (unpaired) electrons. The van der Waals surface area contributed by atoms with Crippen LogP contribution in [0.2, 0.25) is 0 Å². The van der Waals surface area contributed by atoms with Crippen LogP contribution in [0.15, 0.2) is 18.2 Å². The Bertz CT molecular complexity index is 571. The van der Waals surface area contributed by atoms with Crippen LogP contribution in [0.3, 0.4) is 0 Å². The predicted octanol–water partition coefficient (Wildman–Crippen LogP) is 3.28. The zero-order valence-electron chi connectivity index (χ0n) is 14.2. The molecule has 6 heteroatoms. The first-order valence-electron chi connectivity index (χ1n) is 8.65. The van der Waals surface area contributed by atoms with Crippen LogP contribution >= 0.6 is 0 Å². The average Bonchev–Trinajstić information content (AvgIpc) is 2.59. The third-order valence-electron chi connectivity index (χ3n) is 4.31. The lowest BCUT2D eigenvalue weighted by Gasteiger charge is -2.21. The van der Waals surface area contributed by atoms with E-state index in [1.807, 2.05) is 7.05 Å². The lowest BCUT2D eigenvalue weighted by atomic mass is 9.88. The van der Waals surface area contributed by atoms with Gasteiger partial charge in [0.1, 0.15) is 5.82 Å². The molecule has 1 aliphatic rings. The molecular formula is C18H26FN3O2. The molecule has 0 heterocycles. The minimum absolute atomic E-state index is 0.0436. The lowest BCUT2D eigenvalue weighted by molar-refractivity contribution is -0.120. The largest absolute Gasteiger partial charge is 0.326 e. The Morgan fingerprint density at radius 1 is 1.17 bits per heavy atom. The van der Waals surface area contributed by atoms with Gasteiger partial charge in [-0.05, 0) is 51.1 Å². The molecule has 5 nitrogen and oxygen atoms in total. The van der Waals surface area contributed by atoms with Crippen molar-refractivity contribution < 1.29 is 14.0 Å². The van der Waals surface area contributed by atoms with Gasteiger partial charge in [0.15, 0.2) is 0 Å². The smallest absolute Gasteiger partial charge is 0.227 e. The van der Waals surface area contributed by atoms with Crippen LogP contribution in [0.5, 0.6) is 0 Å². The maximum atomic E-state index is 13.9. The van der Waals surface area contributed by atoms with Crippen LogP contribution in [-0.4, -0.2) is 25.4 Å². The fourth-order valence-electron chi connectivity index (χ4n) is 2.95. The van der Waals surface area contributed by atoms with Gasteiger partial charge in [0, 0.05) is 18.0 Å². The number of hydrogen-bond donors (Lipinski definition) is 3. The van der Waals surface area contributed by atoms with Crippen molar-refractivity contribution in [2.24, 2.45) is 5.92 Å². The minimum atomic E-state index is -0.493. The SMILES string of the molecule is CNCCCC(=O)Nc1ccc(F)c(NC(=O)C2CCCCC2)c1. The second-order valence-corrected chi connectivity index (χ2v) is 6.27. The Hall–Kier alpha value is -1.95. The first-order valence-corrected chi connectivity index (χ1v) is 8.65. The first-order chi connectivity index (χ1) is 11.6. The number of benzene rings is 1. The molecule has 1 aliphatic carbocycles. The van der Waals surface area contributed by atoms with Crippen LogP contribution in [0.25, 0.3) is 0 Å². The van der Waals surface area contributed by atoms with Gasteiger partial charge in [0.05, 0.1) is 5.69 Å². The van der Waals surface area contributed by atoms with Gasteiger partial charge in [-0.1, -0.05) is 19.3 Å². The van der Waals surface area contributed by atoms with Crippen LogP contribution in [-0.2, 0) is 9.59 Å². The summed E-state index contributed by atoms with van der Waals surface area (Å²) in [4.78, 5) is 24.1. The topological polar surface area (TPSA) is 70.2 Å². The molecule has 0 spiro atoms. The molecule has 0 unspecified atom stereocenters. The van der Waals surface area contributed by atoms with E-state index in [2.05, 4.69) is 16.0 Å². The molecule has 0 saturated heterocycles. The van der Waals surface area contributed by atoms with E-state index in [-0.39, 0.29) is 23.4 Å². The average molecular weight is 335 g/mol. The zero-order chi connectivity index (χ0) is 17.4. The van der Waals surface area contributed by atoms with E-state index in [4.69, 9.17) is 0 Å². The van der Waals surface area contributed by atoms with E-state index in [0.717, 1.165) is 45.1 Å². The van der Waals surface area contributed by atoms with E-state index in [9.17, 15) is 14.0 Å². The summed E-state index contributed by atoms with van der Waals surface area (Å²) in [6.07, 6.45) is 6.08. The monoisotopic (exact) mass is 335 g/mol. The number of hydrogen-bond acceptors (Lipinski definition) is 3. The molecule has 1 aromatic rings. The highest BCUT2D eigenvalue weighted by Gasteiger charge is 2.22. The zero-order valence-corrected chi connectivity index (χ0v) is 14.2. The molecule has 24 heavy (non-hydrogen) atoms. The van der Waals surface area contributed by atoms with Gasteiger partial charge >= 0.3 is 0 Å². The Morgan fingerprint density at radius 3 is 2.62 bits per heavy atom. The van der Waals surface area contributed by atoms with Gasteiger partial charge < -0.3 is 16.0 Å². The number of carbonyl (C=O) groups is 2. The van der Waals surface area contributed by atoms with Crippen molar-refractivity contribution in [2.75, 3.05) is 24.2 Å². The van der Waals surface area contributed by atoms with Gasteiger partial charge in [-0.2, -0.15) is 0 Å². The second-order valence-electron chi connectivity index (χ2n) is 6.27. The molecule has 132 valence electrons. The number of anilines is 2. The Labute approximate surface area is 142 Å². The highest BCUT2D eigenvalue weighted by atomic mass is 19.1. The van der Waals surface area contributed by atoms with Gasteiger partial charge in [-0.15, -0.1) is 0 Å². The molecule has 1 aromatic carbocycles. The van der Waals surface area contributed by atoms with E-state index >= 15 is 0 Å². The molecule has 0 aliphatic heterocycles. The summed E-state index contributed by atoms with van der Waals surface area (Å²) in [5.41, 5.74) is 0.614. The van der Waals surface area contributed by atoms with E-state index in [0.29, 0.717) is 12.1 Å². The molecule has 2 amide bonds. The lowest BCUT2D eigenvalue weighted by Crippen LogP contribution is -2.25. The van der Waals surface area contributed by atoms with E-state index in [1.54, 1.807) is 0 Å². The van der Waals surface area contributed by atoms with Crippen LogP contribution in [0.4, 0.5) is 15.8 Å². The summed E-state index contributed by atoms with van der Waals surface area (Å²) < 4.78 is 13.9. The van der Waals surface area contributed by atoms with Gasteiger partial charge in [-0.3, -0.25) is 9.59 Å². The number of carbonyl (C=O) groups excluding carboxylic acids is 2. The summed E-state index contributed by atoms with van der Waals surface area (Å²) >= 11 is 0. The third-order valence-corrected chi connectivity index (χ3v) is 4.31. The van der Waals surface area contributed by atoms with Crippen molar-refractivity contribution in [2.45, 2.75) is 44.9 Å². The molecule has 2 rings (SSSR count). The van der Waals surface area contributed by atoms with Crippen molar-refractivity contribution in [3.63, 3.8) is 0 Å². The van der Waals surface area contributed by atoms with Gasteiger partial charge in [0.25, 0.3) is 0 Å². The van der Waals surface area contributed by atoms with E-state index in [1.165, 1.54) is 18.2 Å². The molecular weight excluding hydrogens is 309 g/mol. The van der Waals surface area contributed by atoms with Gasteiger partial charge in [0.2, 0.25) is 11.8 Å². The number of nitrogens with one attached hydrogen (secondary N) is 3. The quantitative estimate of drug-likeness (QED) is 0.670. The Balaban J connectivity index is 1.94. The maximum Gasteiger partial charge on any atom is 0.227 e. The van der Waals surface area contributed by atoms with Crippen LogP contribution < -0.4 is 16.0 Å². The minimum Gasteiger partial charge on any atom is -0.326 e. The summed E-state index contributed by atoms with van der Waals surface area (Å²) in [7, 11) is 1.83.